The summed E-state index contributed by atoms with van der Waals surface area (Å²) in [4.78, 5) is 8.57. The fourth-order valence-electron chi connectivity index (χ4n) is 2.67. The maximum absolute atomic E-state index is 5.90. The highest BCUT2D eigenvalue weighted by atomic mass is 127. The second kappa shape index (κ2) is 10.8. The fraction of sp³-hybridized carbons (Fsp3) is 0.286. The molecule has 8 heteroatoms. The lowest BCUT2D eigenvalue weighted by Crippen LogP contribution is -2.36. The van der Waals surface area contributed by atoms with Crippen molar-refractivity contribution >= 4 is 29.9 Å². The first-order chi connectivity index (χ1) is 13.5. The van der Waals surface area contributed by atoms with Crippen LogP contribution in [-0.2, 0) is 20.1 Å². The van der Waals surface area contributed by atoms with Gasteiger partial charge in [0.05, 0.1) is 12.2 Å². The molecule has 0 aliphatic heterocycles. The number of ether oxygens (including phenoxy) is 1. The molecule has 1 aromatic carbocycles. The van der Waals surface area contributed by atoms with Crippen LogP contribution in [0, 0.1) is 13.8 Å². The molecule has 2 N–H and O–H groups in total. The summed E-state index contributed by atoms with van der Waals surface area (Å²) in [5.41, 5.74) is 4.56. The van der Waals surface area contributed by atoms with Gasteiger partial charge in [-0.25, -0.2) is 4.98 Å². The van der Waals surface area contributed by atoms with Gasteiger partial charge >= 0.3 is 0 Å². The van der Waals surface area contributed by atoms with Gasteiger partial charge in [0.15, 0.2) is 5.96 Å². The minimum atomic E-state index is 0. The lowest BCUT2D eigenvalue weighted by Gasteiger charge is -2.13. The fourth-order valence-corrected chi connectivity index (χ4v) is 2.67. The van der Waals surface area contributed by atoms with E-state index in [1.165, 1.54) is 11.1 Å². The molecule has 0 amide bonds. The molecule has 0 saturated carbocycles. The predicted octanol–water partition coefficient (Wildman–Crippen LogP) is 3.71. The smallest absolute Gasteiger partial charge is 0.219 e. The maximum atomic E-state index is 5.90. The third-order valence-electron chi connectivity index (χ3n) is 4.54. The van der Waals surface area contributed by atoms with Gasteiger partial charge in [0.1, 0.15) is 5.75 Å². The summed E-state index contributed by atoms with van der Waals surface area (Å²) in [6, 6.07) is 11.9. The van der Waals surface area contributed by atoms with Gasteiger partial charge in [-0.1, -0.05) is 6.07 Å². The molecule has 0 bridgehead atoms. The summed E-state index contributed by atoms with van der Waals surface area (Å²) in [5, 5.41) is 10.7. The van der Waals surface area contributed by atoms with Gasteiger partial charge in [-0.2, -0.15) is 5.10 Å². The van der Waals surface area contributed by atoms with E-state index >= 15 is 0 Å². The van der Waals surface area contributed by atoms with E-state index in [2.05, 4.69) is 39.6 Å². The Labute approximate surface area is 188 Å². The number of rotatable bonds is 6. The average Bonchev–Trinajstić information content (AvgIpc) is 3.10. The number of hydrogen-bond acceptors (Lipinski definition) is 4. The van der Waals surface area contributed by atoms with E-state index < -0.39 is 0 Å². The van der Waals surface area contributed by atoms with Crippen molar-refractivity contribution in [1.29, 1.82) is 0 Å². The van der Waals surface area contributed by atoms with Crippen molar-refractivity contribution in [3.63, 3.8) is 0 Å². The third kappa shape index (κ3) is 6.45. The lowest BCUT2D eigenvalue weighted by atomic mass is 10.1. The Morgan fingerprint density at radius 2 is 1.83 bits per heavy atom. The van der Waals surface area contributed by atoms with Gasteiger partial charge < -0.3 is 15.4 Å². The van der Waals surface area contributed by atoms with Gasteiger partial charge in [-0.15, -0.1) is 24.0 Å². The van der Waals surface area contributed by atoms with Gasteiger partial charge in [0.25, 0.3) is 0 Å². The number of nitrogens with zero attached hydrogens (tertiary/aromatic N) is 4. The van der Waals surface area contributed by atoms with E-state index in [9.17, 15) is 0 Å². The van der Waals surface area contributed by atoms with E-state index in [-0.39, 0.29) is 24.0 Å². The van der Waals surface area contributed by atoms with Crippen LogP contribution in [0.4, 0.5) is 0 Å². The molecular formula is C21H27IN6O. The molecule has 29 heavy (non-hydrogen) atoms. The van der Waals surface area contributed by atoms with Gasteiger partial charge in [-0.05, 0) is 54.8 Å². The number of halogens is 1. The summed E-state index contributed by atoms with van der Waals surface area (Å²) >= 11 is 0. The zero-order chi connectivity index (χ0) is 19.9. The average molecular weight is 506 g/mol. The van der Waals surface area contributed by atoms with Crippen molar-refractivity contribution in [2.24, 2.45) is 12.0 Å². The normalized spacial score (nSPS) is 11.0. The Hall–Kier alpha value is -2.62. The molecule has 154 valence electrons. The topological polar surface area (TPSA) is 76.4 Å². The summed E-state index contributed by atoms with van der Waals surface area (Å²) in [6.07, 6.45) is 3.53. The van der Waals surface area contributed by atoms with Crippen molar-refractivity contribution in [2.45, 2.75) is 26.9 Å². The number of hydrogen-bond donors (Lipinski definition) is 2. The lowest BCUT2D eigenvalue weighted by molar-refractivity contribution is 0.461. The number of guanidine groups is 1. The molecule has 0 saturated heterocycles. The highest BCUT2D eigenvalue weighted by Gasteiger charge is 2.05. The minimum Gasteiger partial charge on any atom is -0.439 e. The van der Waals surface area contributed by atoms with Crippen LogP contribution in [0.5, 0.6) is 11.6 Å². The first kappa shape index (κ1) is 22.7. The second-order valence-electron chi connectivity index (χ2n) is 6.58. The molecule has 2 aromatic heterocycles. The Kier molecular flexibility index (Phi) is 8.44. The van der Waals surface area contributed by atoms with E-state index in [1.807, 2.05) is 48.1 Å². The number of benzene rings is 1. The number of aliphatic imine (C=N–C) groups is 1. The van der Waals surface area contributed by atoms with E-state index in [0.717, 1.165) is 23.0 Å². The zero-order valence-corrected chi connectivity index (χ0v) is 19.5. The van der Waals surface area contributed by atoms with Crippen molar-refractivity contribution < 1.29 is 4.74 Å². The Bertz CT molecular complexity index is 969. The summed E-state index contributed by atoms with van der Waals surface area (Å²) < 4.78 is 7.74. The number of aryl methyl sites for hydroxylation is 3. The largest absolute Gasteiger partial charge is 0.439 e. The predicted molar refractivity (Wildman–Crippen MR) is 126 cm³/mol. The maximum Gasteiger partial charge on any atom is 0.219 e. The summed E-state index contributed by atoms with van der Waals surface area (Å²) in [5.74, 6) is 2.07. The summed E-state index contributed by atoms with van der Waals surface area (Å²) in [6.45, 7) is 5.41. The number of pyridine rings is 1. The molecule has 0 radical (unpaired) electrons. The van der Waals surface area contributed by atoms with E-state index in [1.54, 1.807) is 19.4 Å². The molecule has 0 spiro atoms. The molecule has 2 heterocycles. The van der Waals surface area contributed by atoms with E-state index in [4.69, 9.17) is 4.74 Å². The molecule has 3 aromatic rings. The molecule has 0 unspecified atom stereocenters. The van der Waals surface area contributed by atoms with Gasteiger partial charge in [0, 0.05) is 39.1 Å². The van der Waals surface area contributed by atoms with Crippen LogP contribution in [0.25, 0.3) is 0 Å². The number of aromatic nitrogens is 3. The first-order valence-corrected chi connectivity index (χ1v) is 9.16. The van der Waals surface area contributed by atoms with Crippen LogP contribution < -0.4 is 15.4 Å². The van der Waals surface area contributed by atoms with E-state index in [0.29, 0.717) is 19.0 Å². The van der Waals surface area contributed by atoms with Gasteiger partial charge in [0.2, 0.25) is 5.88 Å². The van der Waals surface area contributed by atoms with Crippen LogP contribution in [0.1, 0.15) is 22.4 Å². The van der Waals surface area contributed by atoms with Crippen molar-refractivity contribution in [3.05, 3.63) is 71.2 Å². The first-order valence-electron chi connectivity index (χ1n) is 9.16. The Morgan fingerprint density at radius 1 is 1.03 bits per heavy atom. The molecule has 0 aliphatic rings. The zero-order valence-electron chi connectivity index (χ0n) is 17.1. The van der Waals surface area contributed by atoms with Crippen LogP contribution >= 0.6 is 24.0 Å². The minimum absolute atomic E-state index is 0. The van der Waals surface area contributed by atoms with Crippen LogP contribution in [0.3, 0.4) is 0 Å². The SMILES string of the molecule is CN=C(NCc1ccnc(Oc2ccc(C)c(C)c2)c1)NCc1ccnn1C.I. The molecular weight excluding hydrogens is 479 g/mol. The highest BCUT2D eigenvalue weighted by Crippen LogP contribution is 2.22. The Morgan fingerprint density at radius 3 is 2.52 bits per heavy atom. The van der Waals surface area contributed by atoms with Crippen LogP contribution in [0.15, 0.2) is 53.8 Å². The molecule has 0 aliphatic carbocycles. The van der Waals surface area contributed by atoms with Crippen molar-refractivity contribution in [2.75, 3.05) is 7.05 Å². The van der Waals surface area contributed by atoms with Crippen molar-refractivity contribution in [1.82, 2.24) is 25.4 Å². The molecule has 0 atom stereocenters. The quantitative estimate of drug-likeness (QED) is 0.303. The number of nitrogens with one attached hydrogen (secondary N) is 2. The highest BCUT2D eigenvalue weighted by molar-refractivity contribution is 14.0. The standard InChI is InChI=1S/C21H26N6O.HI/c1-15-5-6-19(11-16(15)2)28-20-12-17(7-9-23-20)13-24-21(22-3)25-14-18-8-10-26-27(18)4;/h5-12H,13-14H2,1-4H3,(H2,22,24,25);1H. The monoisotopic (exact) mass is 506 g/mol. The second-order valence-corrected chi connectivity index (χ2v) is 6.58. The third-order valence-corrected chi connectivity index (χ3v) is 4.54. The molecule has 7 nitrogen and oxygen atoms in total. The van der Waals surface area contributed by atoms with Crippen molar-refractivity contribution in [3.8, 4) is 11.6 Å². The Balaban J connectivity index is 0.00000300. The molecule has 3 rings (SSSR count). The molecule has 0 fully saturated rings. The van der Waals surface area contributed by atoms with Crippen LogP contribution in [0.2, 0.25) is 0 Å². The summed E-state index contributed by atoms with van der Waals surface area (Å²) in [7, 11) is 3.67. The van der Waals surface area contributed by atoms with Gasteiger partial charge in [-0.3, -0.25) is 9.67 Å². The van der Waals surface area contributed by atoms with Crippen LogP contribution in [-0.4, -0.2) is 27.8 Å².